The molecular formula is C19H14FN5OS. The van der Waals surface area contributed by atoms with Crippen molar-refractivity contribution in [3.63, 3.8) is 0 Å². The molecule has 1 unspecified atom stereocenters. The van der Waals surface area contributed by atoms with E-state index in [0.29, 0.717) is 32.7 Å². The number of aromatic amines is 1. The van der Waals surface area contributed by atoms with Gasteiger partial charge in [0.2, 0.25) is 5.95 Å². The first-order valence-corrected chi connectivity index (χ1v) is 8.86. The molecule has 27 heavy (non-hydrogen) atoms. The van der Waals surface area contributed by atoms with E-state index in [9.17, 15) is 9.50 Å². The summed E-state index contributed by atoms with van der Waals surface area (Å²) in [5.74, 6) is 5.29. The maximum absolute atomic E-state index is 14.2. The van der Waals surface area contributed by atoms with Crippen LogP contribution < -0.4 is 5.73 Å². The fourth-order valence-corrected chi connectivity index (χ4v) is 3.33. The number of nitrogens with two attached hydrogens (primary N) is 1. The van der Waals surface area contributed by atoms with Crippen molar-refractivity contribution in [2.75, 3.05) is 5.73 Å². The van der Waals surface area contributed by atoms with E-state index >= 15 is 0 Å². The van der Waals surface area contributed by atoms with Crippen molar-refractivity contribution in [2.24, 2.45) is 0 Å². The average molecular weight is 379 g/mol. The number of nitrogens with zero attached hydrogens (tertiary/aromatic N) is 3. The van der Waals surface area contributed by atoms with Crippen LogP contribution in [0.15, 0.2) is 42.2 Å². The van der Waals surface area contributed by atoms with Crippen LogP contribution in [0.3, 0.4) is 0 Å². The maximum atomic E-state index is 14.2. The Balaban J connectivity index is 1.77. The van der Waals surface area contributed by atoms with Gasteiger partial charge in [-0.2, -0.15) is 0 Å². The van der Waals surface area contributed by atoms with Crippen molar-refractivity contribution in [1.29, 1.82) is 0 Å². The van der Waals surface area contributed by atoms with Crippen LogP contribution in [0.5, 0.6) is 0 Å². The summed E-state index contributed by atoms with van der Waals surface area (Å²) in [4.78, 5) is 15.3. The molecule has 0 aliphatic carbocycles. The Hall–Kier alpha value is -3.28. The van der Waals surface area contributed by atoms with Crippen molar-refractivity contribution in [3.05, 3.63) is 58.6 Å². The van der Waals surface area contributed by atoms with Gasteiger partial charge in [0.15, 0.2) is 5.60 Å². The molecule has 0 aliphatic heterocycles. The van der Waals surface area contributed by atoms with E-state index in [1.807, 2.05) is 0 Å². The molecule has 4 rings (SSSR count). The normalized spacial score (nSPS) is 13.1. The van der Waals surface area contributed by atoms with Crippen LogP contribution in [0, 0.1) is 17.7 Å². The third-order valence-electron chi connectivity index (χ3n) is 3.94. The van der Waals surface area contributed by atoms with Crippen LogP contribution >= 0.6 is 11.3 Å². The number of nitrogens with one attached hydrogen (secondary N) is 1. The van der Waals surface area contributed by atoms with Gasteiger partial charge in [0, 0.05) is 28.9 Å². The molecule has 4 aromatic rings. The van der Waals surface area contributed by atoms with Gasteiger partial charge in [0.05, 0.1) is 11.7 Å². The molecule has 3 heterocycles. The highest BCUT2D eigenvalue weighted by molar-refractivity contribution is 7.09. The van der Waals surface area contributed by atoms with E-state index in [2.05, 4.69) is 31.8 Å². The summed E-state index contributed by atoms with van der Waals surface area (Å²) in [7, 11) is 0. The highest BCUT2D eigenvalue weighted by Gasteiger charge is 2.22. The van der Waals surface area contributed by atoms with Gasteiger partial charge < -0.3 is 15.8 Å². The fraction of sp³-hybridized carbons (Fsp3) is 0.105. The Morgan fingerprint density at radius 2 is 2.15 bits per heavy atom. The monoisotopic (exact) mass is 379 g/mol. The first kappa shape index (κ1) is 17.1. The summed E-state index contributed by atoms with van der Waals surface area (Å²) in [6, 6.07) is 4.44. The molecule has 0 saturated carbocycles. The second-order valence-electron chi connectivity index (χ2n) is 6.08. The van der Waals surface area contributed by atoms with Crippen molar-refractivity contribution in [2.45, 2.75) is 12.5 Å². The Bertz CT molecular complexity index is 1190. The minimum Gasteiger partial charge on any atom is -0.371 e. The molecule has 0 amide bonds. The number of rotatable bonds is 2. The van der Waals surface area contributed by atoms with Crippen molar-refractivity contribution in [3.8, 4) is 23.0 Å². The summed E-state index contributed by atoms with van der Waals surface area (Å²) >= 11 is 1.30. The number of aromatic nitrogens is 4. The topological polar surface area (TPSA) is 101 Å². The zero-order chi connectivity index (χ0) is 19.0. The number of anilines is 1. The quantitative estimate of drug-likeness (QED) is 0.465. The fourth-order valence-electron chi connectivity index (χ4n) is 2.67. The Labute approximate surface area is 157 Å². The molecule has 134 valence electrons. The number of hydrogen-bond acceptors (Lipinski definition) is 6. The summed E-state index contributed by atoms with van der Waals surface area (Å²) in [6.07, 6.45) is 4.89. The van der Waals surface area contributed by atoms with Crippen molar-refractivity contribution in [1.82, 2.24) is 19.9 Å². The van der Waals surface area contributed by atoms with Crippen LogP contribution in [0.2, 0.25) is 0 Å². The molecule has 3 aromatic heterocycles. The predicted octanol–water partition coefficient (Wildman–Crippen LogP) is 3.06. The molecule has 0 fully saturated rings. The van der Waals surface area contributed by atoms with Gasteiger partial charge >= 0.3 is 0 Å². The molecule has 0 spiro atoms. The lowest BCUT2D eigenvalue weighted by molar-refractivity contribution is 0.122. The van der Waals surface area contributed by atoms with E-state index in [4.69, 9.17) is 5.73 Å². The van der Waals surface area contributed by atoms with Crippen LogP contribution in [-0.4, -0.2) is 25.0 Å². The third-order valence-corrected chi connectivity index (χ3v) is 4.93. The van der Waals surface area contributed by atoms with Gasteiger partial charge in [0.25, 0.3) is 0 Å². The number of H-pyrrole nitrogens is 1. The predicted molar refractivity (Wildman–Crippen MR) is 102 cm³/mol. The molecule has 4 N–H and O–H groups in total. The zero-order valence-electron chi connectivity index (χ0n) is 14.2. The lowest BCUT2D eigenvalue weighted by Crippen LogP contribution is -2.17. The molecule has 6 nitrogen and oxygen atoms in total. The Morgan fingerprint density at radius 3 is 2.93 bits per heavy atom. The molecule has 0 saturated heterocycles. The largest absolute Gasteiger partial charge is 0.371 e. The van der Waals surface area contributed by atoms with E-state index in [1.165, 1.54) is 23.5 Å². The van der Waals surface area contributed by atoms with Crippen LogP contribution in [-0.2, 0) is 5.60 Å². The number of thiazole rings is 1. The zero-order valence-corrected chi connectivity index (χ0v) is 15.0. The highest BCUT2D eigenvalue weighted by Crippen LogP contribution is 2.29. The lowest BCUT2D eigenvalue weighted by atomic mass is 10.0. The Morgan fingerprint density at radius 1 is 1.30 bits per heavy atom. The lowest BCUT2D eigenvalue weighted by Gasteiger charge is -2.12. The maximum Gasteiger partial charge on any atom is 0.220 e. The average Bonchev–Trinajstić information content (AvgIpc) is 3.29. The second kappa shape index (κ2) is 6.46. The SMILES string of the molecule is CC(O)(C#Cc1cc(F)cc(-c2c[nH]c3cnc(N)nc23)c1)c1nccs1. The van der Waals surface area contributed by atoms with Crippen molar-refractivity contribution < 1.29 is 9.50 Å². The van der Waals surface area contributed by atoms with Gasteiger partial charge in [0.1, 0.15) is 16.3 Å². The molecule has 0 aliphatic rings. The number of fused-ring (bicyclic) bond motifs is 1. The van der Waals surface area contributed by atoms with Gasteiger partial charge in [-0.15, -0.1) is 11.3 Å². The highest BCUT2D eigenvalue weighted by atomic mass is 32.1. The van der Waals surface area contributed by atoms with Crippen LogP contribution in [0.4, 0.5) is 10.3 Å². The standard InChI is InChI=1S/C19H14FN5OS/c1-19(26,17-22-4-5-27-17)3-2-11-6-12(8-13(20)7-11)14-9-23-15-10-24-18(21)25-16(14)15/h4-10,23,26H,1H3,(H2,21,24,25). The second-order valence-corrected chi connectivity index (χ2v) is 6.98. The third kappa shape index (κ3) is 3.38. The van der Waals surface area contributed by atoms with Gasteiger partial charge in [-0.3, -0.25) is 0 Å². The smallest absolute Gasteiger partial charge is 0.220 e. The number of aliphatic hydroxyl groups is 1. The first-order chi connectivity index (χ1) is 12.9. The summed E-state index contributed by atoms with van der Waals surface area (Å²) in [5, 5.41) is 12.7. The minimum atomic E-state index is -1.41. The van der Waals surface area contributed by atoms with E-state index in [1.54, 1.807) is 37.0 Å². The molecule has 8 heteroatoms. The van der Waals surface area contributed by atoms with Gasteiger partial charge in [-0.05, 0) is 30.7 Å². The number of hydrogen-bond donors (Lipinski definition) is 3. The van der Waals surface area contributed by atoms with Gasteiger partial charge in [-0.25, -0.2) is 19.3 Å². The first-order valence-electron chi connectivity index (χ1n) is 7.98. The number of nitrogen functional groups attached to an aromatic ring is 1. The minimum absolute atomic E-state index is 0.138. The van der Waals surface area contributed by atoms with E-state index in [-0.39, 0.29) is 5.95 Å². The summed E-state index contributed by atoms with van der Waals surface area (Å²) in [5.41, 5.74) is 7.26. The van der Waals surface area contributed by atoms with E-state index < -0.39 is 11.4 Å². The van der Waals surface area contributed by atoms with Crippen LogP contribution in [0.25, 0.3) is 22.2 Å². The summed E-state index contributed by atoms with van der Waals surface area (Å²) in [6.45, 7) is 1.55. The van der Waals surface area contributed by atoms with Gasteiger partial charge in [-0.1, -0.05) is 11.8 Å². The van der Waals surface area contributed by atoms with Crippen LogP contribution in [0.1, 0.15) is 17.5 Å². The van der Waals surface area contributed by atoms with Crippen molar-refractivity contribution >= 4 is 28.3 Å². The molecule has 1 aromatic carbocycles. The van der Waals surface area contributed by atoms with E-state index in [0.717, 1.165) is 0 Å². The number of benzene rings is 1. The molecule has 0 radical (unpaired) electrons. The number of halogens is 1. The Kier molecular flexibility index (Phi) is 4.11. The molecule has 1 atom stereocenters. The summed E-state index contributed by atoms with van der Waals surface area (Å²) < 4.78 is 14.2. The molecule has 0 bridgehead atoms. The molecular weight excluding hydrogens is 365 g/mol.